The lowest BCUT2D eigenvalue weighted by Gasteiger charge is -2.32. The second-order valence-corrected chi connectivity index (χ2v) is 7.52. The molecule has 0 spiro atoms. The van der Waals surface area contributed by atoms with Crippen LogP contribution in [-0.2, 0) is 17.9 Å². The zero-order chi connectivity index (χ0) is 18.8. The molecule has 8 heteroatoms. The second kappa shape index (κ2) is 8.92. The molecular formula is C20H28ClN5O2. The third-order valence-corrected chi connectivity index (χ3v) is 5.55. The van der Waals surface area contributed by atoms with Crippen LogP contribution >= 0.6 is 12.4 Å². The molecule has 0 unspecified atom stereocenters. The molecule has 1 fully saturated rings. The Labute approximate surface area is 171 Å². The molecule has 28 heavy (non-hydrogen) atoms. The Morgan fingerprint density at radius 2 is 2.00 bits per heavy atom. The predicted molar refractivity (Wildman–Crippen MR) is 109 cm³/mol. The molecule has 152 valence electrons. The van der Waals surface area contributed by atoms with Crippen LogP contribution in [-0.4, -0.2) is 51.8 Å². The highest BCUT2D eigenvalue weighted by molar-refractivity contribution is 5.85. The number of ether oxygens (including phenoxy) is 1. The van der Waals surface area contributed by atoms with E-state index in [4.69, 9.17) is 4.74 Å². The van der Waals surface area contributed by atoms with Crippen molar-refractivity contribution in [2.45, 2.75) is 45.7 Å². The highest BCUT2D eigenvalue weighted by Crippen LogP contribution is 2.28. The van der Waals surface area contributed by atoms with Crippen LogP contribution < -0.4 is 10.1 Å². The van der Waals surface area contributed by atoms with Crippen LogP contribution in [0.15, 0.2) is 18.2 Å². The lowest BCUT2D eigenvalue weighted by molar-refractivity contribution is -0.134. The number of nitrogens with zero attached hydrogens (tertiary/aromatic N) is 4. The van der Waals surface area contributed by atoms with Gasteiger partial charge in [-0.15, -0.1) is 22.6 Å². The molecule has 4 rings (SSSR count). The van der Waals surface area contributed by atoms with Gasteiger partial charge in [-0.1, -0.05) is 17.7 Å². The van der Waals surface area contributed by atoms with E-state index in [2.05, 4.69) is 33.1 Å². The van der Waals surface area contributed by atoms with Crippen molar-refractivity contribution in [3.8, 4) is 5.75 Å². The van der Waals surface area contributed by atoms with Crippen LogP contribution in [0.1, 0.15) is 41.5 Å². The predicted octanol–water partition coefficient (Wildman–Crippen LogP) is 2.20. The van der Waals surface area contributed by atoms with Crippen LogP contribution in [0.3, 0.4) is 0 Å². The summed E-state index contributed by atoms with van der Waals surface area (Å²) in [6.45, 7) is 8.34. The number of benzene rings is 1. The number of amides is 1. The summed E-state index contributed by atoms with van der Waals surface area (Å²) < 4.78 is 8.01. The Hall–Kier alpha value is -2.12. The number of likely N-dealkylation sites (tertiary alicyclic amines) is 1. The van der Waals surface area contributed by atoms with E-state index in [1.54, 1.807) is 0 Å². The van der Waals surface area contributed by atoms with E-state index < -0.39 is 0 Å². The third kappa shape index (κ3) is 4.31. The molecule has 0 aliphatic carbocycles. The molecule has 2 aromatic rings. The largest absolute Gasteiger partial charge is 0.484 e. The molecule has 1 aromatic carbocycles. The van der Waals surface area contributed by atoms with Crippen LogP contribution in [0, 0.1) is 13.8 Å². The third-order valence-electron chi connectivity index (χ3n) is 5.55. The first kappa shape index (κ1) is 20.6. The van der Waals surface area contributed by atoms with Gasteiger partial charge >= 0.3 is 0 Å². The molecule has 0 bridgehead atoms. The topological polar surface area (TPSA) is 72.3 Å². The Morgan fingerprint density at radius 1 is 1.21 bits per heavy atom. The van der Waals surface area contributed by atoms with Gasteiger partial charge in [-0.2, -0.15) is 0 Å². The fourth-order valence-corrected chi connectivity index (χ4v) is 4.00. The summed E-state index contributed by atoms with van der Waals surface area (Å²) in [5.41, 5.74) is 2.26. The first-order valence-corrected chi connectivity index (χ1v) is 9.72. The summed E-state index contributed by atoms with van der Waals surface area (Å²) in [5.74, 6) is 3.34. The number of aromatic nitrogens is 3. The van der Waals surface area contributed by atoms with Crippen molar-refractivity contribution < 1.29 is 9.53 Å². The fourth-order valence-electron chi connectivity index (χ4n) is 4.00. The molecule has 0 saturated carbocycles. The number of hydrogen-bond acceptors (Lipinski definition) is 5. The van der Waals surface area contributed by atoms with Gasteiger partial charge in [0.15, 0.2) is 6.61 Å². The Kier molecular flexibility index (Phi) is 6.57. The zero-order valence-electron chi connectivity index (χ0n) is 16.5. The number of halogens is 1. The molecule has 1 N–H and O–H groups in total. The van der Waals surface area contributed by atoms with E-state index in [-0.39, 0.29) is 24.9 Å². The van der Waals surface area contributed by atoms with Gasteiger partial charge in [0.1, 0.15) is 17.4 Å². The quantitative estimate of drug-likeness (QED) is 0.844. The van der Waals surface area contributed by atoms with E-state index in [9.17, 15) is 4.79 Å². The van der Waals surface area contributed by atoms with Crippen LogP contribution in [0.4, 0.5) is 0 Å². The van der Waals surface area contributed by atoms with Crippen LogP contribution in [0.2, 0.25) is 0 Å². The summed E-state index contributed by atoms with van der Waals surface area (Å²) in [6, 6.07) is 6.01. The van der Waals surface area contributed by atoms with Crippen molar-refractivity contribution in [3.05, 3.63) is 41.0 Å². The number of aryl methyl sites for hydroxylation is 2. The van der Waals surface area contributed by atoms with Crippen molar-refractivity contribution in [3.63, 3.8) is 0 Å². The van der Waals surface area contributed by atoms with Gasteiger partial charge in [-0.3, -0.25) is 4.79 Å². The highest BCUT2D eigenvalue weighted by Gasteiger charge is 2.28. The minimum atomic E-state index is 0. The standard InChI is InChI=1S/C20H27N5O2.ClH/c1-14-3-4-17(15(2)11-14)27-13-19(26)24-8-5-16(6-9-24)20-23-22-18-12-21-7-10-25(18)20;/h3-4,11,16,21H,5-10,12-13H2,1-2H3;1H. The average molecular weight is 406 g/mol. The van der Waals surface area contributed by atoms with Crippen molar-refractivity contribution in [2.24, 2.45) is 0 Å². The first-order valence-electron chi connectivity index (χ1n) is 9.72. The molecule has 0 radical (unpaired) electrons. The van der Waals surface area contributed by atoms with Gasteiger partial charge in [0, 0.05) is 32.1 Å². The zero-order valence-corrected chi connectivity index (χ0v) is 17.3. The molecule has 1 amide bonds. The Morgan fingerprint density at radius 3 is 2.75 bits per heavy atom. The number of fused-ring (bicyclic) bond motifs is 1. The normalized spacial score (nSPS) is 17.0. The highest BCUT2D eigenvalue weighted by atomic mass is 35.5. The van der Waals surface area contributed by atoms with E-state index in [0.717, 1.165) is 68.5 Å². The van der Waals surface area contributed by atoms with Crippen molar-refractivity contribution in [1.82, 2.24) is 25.0 Å². The molecule has 1 aromatic heterocycles. The van der Waals surface area contributed by atoms with Crippen LogP contribution in [0.25, 0.3) is 0 Å². The fraction of sp³-hybridized carbons (Fsp3) is 0.550. The van der Waals surface area contributed by atoms with Crippen molar-refractivity contribution in [1.29, 1.82) is 0 Å². The Balaban J connectivity index is 0.00000225. The summed E-state index contributed by atoms with van der Waals surface area (Å²) in [6.07, 6.45) is 1.86. The summed E-state index contributed by atoms with van der Waals surface area (Å²) >= 11 is 0. The number of carbonyl (C=O) groups excluding carboxylic acids is 1. The SMILES string of the molecule is Cc1ccc(OCC(=O)N2CCC(c3nnc4n3CCNC4)CC2)c(C)c1.Cl. The minimum Gasteiger partial charge on any atom is -0.484 e. The van der Waals surface area contributed by atoms with Gasteiger partial charge in [-0.25, -0.2) is 0 Å². The average Bonchev–Trinajstić information content (AvgIpc) is 3.11. The van der Waals surface area contributed by atoms with Crippen molar-refractivity contribution in [2.75, 3.05) is 26.2 Å². The number of hydrogen-bond donors (Lipinski definition) is 1. The lowest BCUT2D eigenvalue weighted by Crippen LogP contribution is -2.41. The number of piperidine rings is 1. The maximum atomic E-state index is 12.5. The van der Waals surface area contributed by atoms with Crippen molar-refractivity contribution >= 4 is 18.3 Å². The number of rotatable bonds is 4. The smallest absolute Gasteiger partial charge is 0.260 e. The van der Waals surface area contributed by atoms with E-state index in [1.165, 1.54) is 5.56 Å². The lowest BCUT2D eigenvalue weighted by atomic mass is 9.95. The van der Waals surface area contributed by atoms with E-state index in [0.29, 0.717) is 5.92 Å². The number of carbonyl (C=O) groups is 1. The second-order valence-electron chi connectivity index (χ2n) is 7.52. The van der Waals surface area contributed by atoms with E-state index >= 15 is 0 Å². The first-order chi connectivity index (χ1) is 13.1. The summed E-state index contributed by atoms with van der Waals surface area (Å²) in [7, 11) is 0. The number of nitrogens with one attached hydrogen (secondary N) is 1. The Bertz CT molecular complexity index is 830. The van der Waals surface area contributed by atoms with Gasteiger partial charge in [0.25, 0.3) is 5.91 Å². The van der Waals surface area contributed by atoms with Gasteiger partial charge in [0.2, 0.25) is 0 Å². The summed E-state index contributed by atoms with van der Waals surface area (Å²) in [4.78, 5) is 14.4. The summed E-state index contributed by atoms with van der Waals surface area (Å²) in [5, 5.41) is 12.1. The molecule has 1 saturated heterocycles. The van der Waals surface area contributed by atoms with Gasteiger partial charge < -0.3 is 19.5 Å². The molecule has 2 aliphatic rings. The van der Waals surface area contributed by atoms with E-state index in [1.807, 2.05) is 24.0 Å². The minimum absolute atomic E-state index is 0. The van der Waals surface area contributed by atoms with Crippen LogP contribution in [0.5, 0.6) is 5.75 Å². The van der Waals surface area contributed by atoms with Gasteiger partial charge in [0.05, 0.1) is 6.54 Å². The maximum absolute atomic E-state index is 12.5. The molecule has 3 heterocycles. The monoisotopic (exact) mass is 405 g/mol. The maximum Gasteiger partial charge on any atom is 0.260 e. The molecular weight excluding hydrogens is 378 g/mol. The molecule has 0 atom stereocenters. The molecule has 7 nitrogen and oxygen atoms in total. The van der Waals surface area contributed by atoms with Gasteiger partial charge in [-0.05, 0) is 38.3 Å². The molecule has 2 aliphatic heterocycles.